The van der Waals surface area contributed by atoms with Crippen LogP contribution < -0.4 is 10.1 Å². The number of imidazole rings is 1. The van der Waals surface area contributed by atoms with Gasteiger partial charge in [0.2, 0.25) is 0 Å². The van der Waals surface area contributed by atoms with Gasteiger partial charge in [-0.25, -0.2) is 4.98 Å². The third-order valence-corrected chi connectivity index (χ3v) is 3.71. The zero-order valence-corrected chi connectivity index (χ0v) is 13.6. The lowest BCUT2D eigenvalue weighted by molar-refractivity contribution is 0.287. The fraction of sp³-hybridized carbons (Fsp3) is 0.400. The zero-order valence-electron chi connectivity index (χ0n) is 12.1. The molecule has 1 aromatic heterocycles. The van der Waals surface area contributed by atoms with Gasteiger partial charge in [0.1, 0.15) is 12.4 Å². The molecule has 0 atom stereocenters. The monoisotopic (exact) mass is 337 g/mol. The SMILES string of the molecule is CNCc1cccc(Br)c1OCc1cncn1C(C)C. The van der Waals surface area contributed by atoms with Gasteiger partial charge in [-0.2, -0.15) is 0 Å². The number of ether oxygens (including phenoxy) is 1. The molecule has 108 valence electrons. The summed E-state index contributed by atoms with van der Waals surface area (Å²) >= 11 is 3.55. The first-order valence-electron chi connectivity index (χ1n) is 6.69. The van der Waals surface area contributed by atoms with Gasteiger partial charge in [-0.3, -0.25) is 0 Å². The minimum atomic E-state index is 0.382. The van der Waals surface area contributed by atoms with E-state index in [1.54, 1.807) is 0 Å². The second-order valence-electron chi connectivity index (χ2n) is 4.93. The maximum Gasteiger partial charge on any atom is 0.138 e. The fourth-order valence-corrected chi connectivity index (χ4v) is 2.62. The van der Waals surface area contributed by atoms with Crippen LogP contribution in [0.25, 0.3) is 0 Å². The molecule has 1 N–H and O–H groups in total. The first-order valence-corrected chi connectivity index (χ1v) is 7.48. The normalized spacial score (nSPS) is 11.1. The van der Waals surface area contributed by atoms with Gasteiger partial charge in [0.15, 0.2) is 0 Å². The highest BCUT2D eigenvalue weighted by molar-refractivity contribution is 9.10. The van der Waals surface area contributed by atoms with E-state index in [0.717, 1.165) is 28.0 Å². The molecule has 5 heteroatoms. The van der Waals surface area contributed by atoms with E-state index < -0.39 is 0 Å². The Bertz CT molecular complexity index is 566. The Balaban J connectivity index is 2.16. The molecular weight excluding hydrogens is 318 g/mol. The molecular formula is C15H20BrN3O. The highest BCUT2D eigenvalue weighted by atomic mass is 79.9. The Labute approximate surface area is 128 Å². The number of benzene rings is 1. The maximum absolute atomic E-state index is 6.01. The second-order valence-corrected chi connectivity index (χ2v) is 5.79. The molecule has 0 bridgehead atoms. The van der Waals surface area contributed by atoms with Crippen LogP contribution in [0.5, 0.6) is 5.75 Å². The van der Waals surface area contributed by atoms with Crippen molar-refractivity contribution in [1.29, 1.82) is 0 Å². The van der Waals surface area contributed by atoms with Crippen LogP contribution >= 0.6 is 15.9 Å². The van der Waals surface area contributed by atoms with Gasteiger partial charge in [0.25, 0.3) is 0 Å². The number of hydrogen-bond donors (Lipinski definition) is 1. The number of para-hydroxylation sites is 1. The van der Waals surface area contributed by atoms with Crippen LogP contribution in [-0.2, 0) is 13.2 Å². The molecule has 0 aliphatic heterocycles. The van der Waals surface area contributed by atoms with Crippen LogP contribution in [-0.4, -0.2) is 16.6 Å². The van der Waals surface area contributed by atoms with E-state index in [9.17, 15) is 0 Å². The number of aromatic nitrogens is 2. The zero-order chi connectivity index (χ0) is 14.5. The van der Waals surface area contributed by atoms with Crippen molar-refractivity contribution in [2.75, 3.05) is 7.05 Å². The van der Waals surface area contributed by atoms with Crippen LogP contribution in [0.15, 0.2) is 35.2 Å². The van der Waals surface area contributed by atoms with Crippen molar-refractivity contribution in [2.24, 2.45) is 0 Å². The number of nitrogens with one attached hydrogen (secondary N) is 1. The first kappa shape index (κ1) is 15.1. The van der Waals surface area contributed by atoms with Crippen LogP contribution in [0.3, 0.4) is 0 Å². The summed E-state index contributed by atoms with van der Waals surface area (Å²) in [5.41, 5.74) is 2.21. The fourth-order valence-electron chi connectivity index (χ4n) is 2.10. The predicted molar refractivity (Wildman–Crippen MR) is 83.8 cm³/mol. The third kappa shape index (κ3) is 3.41. The average Bonchev–Trinajstić information content (AvgIpc) is 2.87. The lowest BCUT2D eigenvalue weighted by atomic mass is 10.2. The molecule has 0 aliphatic rings. The van der Waals surface area contributed by atoms with Crippen molar-refractivity contribution in [3.63, 3.8) is 0 Å². The van der Waals surface area contributed by atoms with Crippen LogP contribution in [0.2, 0.25) is 0 Å². The lowest BCUT2D eigenvalue weighted by Gasteiger charge is -2.15. The molecule has 0 unspecified atom stereocenters. The van der Waals surface area contributed by atoms with Crippen molar-refractivity contribution in [2.45, 2.75) is 33.0 Å². The molecule has 0 saturated carbocycles. The second kappa shape index (κ2) is 6.90. The van der Waals surface area contributed by atoms with Crippen molar-refractivity contribution in [3.8, 4) is 5.75 Å². The molecule has 1 aromatic carbocycles. The highest BCUT2D eigenvalue weighted by Gasteiger charge is 2.10. The quantitative estimate of drug-likeness (QED) is 0.876. The van der Waals surface area contributed by atoms with Crippen LogP contribution in [0, 0.1) is 0 Å². The minimum Gasteiger partial charge on any atom is -0.486 e. The van der Waals surface area contributed by atoms with Gasteiger partial charge >= 0.3 is 0 Å². The minimum absolute atomic E-state index is 0.382. The van der Waals surface area contributed by atoms with Gasteiger partial charge in [0, 0.05) is 18.2 Å². The molecule has 0 spiro atoms. The van der Waals surface area contributed by atoms with E-state index in [1.807, 2.05) is 31.7 Å². The summed E-state index contributed by atoms with van der Waals surface area (Å²) in [5, 5.41) is 3.16. The Morgan fingerprint density at radius 1 is 1.40 bits per heavy atom. The Morgan fingerprint density at radius 2 is 2.20 bits per heavy atom. The number of rotatable bonds is 6. The third-order valence-electron chi connectivity index (χ3n) is 3.08. The van der Waals surface area contributed by atoms with Crippen LogP contribution in [0.4, 0.5) is 0 Å². The number of hydrogen-bond acceptors (Lipinski definition) is 3. The summed E-state index contributed by atoms with van der Waals surface area (Å²) in [4.78, 5) is 4.20. The van der Waals surface area contributed by atoms with Gasteiger partial charge in [-0.15, -0.1) is 0 Å². The van der Waals surface area contributed by atoms with Crippen molar-refractivity contribution >= 4 is 15.9 Å². The van der Waals surface area contributed by atoms with Crippen molar-refractivity contribution < 1.29 is 4.74 Å². The summed E-state index contributed by atoms with van der Waals surface area (Å²) in [7, 11) is 1.93. The van der Waals surface area contributed by atoms with Gasteiger partial charge < -0.3 is 14.6 Å². The van der Waals surface area contributed by atoms with E-state index >= 15 is 0 Å². The molecule has 20 heavy (non-hydrogen) atoms. The van der Waals surface area contributed by atoms with Gasteiger partial charge in [0.05, 0.1) is 22.7 Å². The standard InChI is InChI=1S/C15H20BrN3O/c1-11(2)19-10-18-8-13(19)9-20-15-12(7-17-3)5-4-6-14(15)16/h4-6,8,10-11,17H,7,9H2,1-3H3. The maximum atomic E-state index is 6.01. The molecule has 0 fully saturated rings. The van der Waals surface area contributed by atoms with E-state index in [-0.39, 0.29) is 0 Å². The largest absolute Gasteiger partial charge is 0.486 e. The molecule has 4 nitrogen and oxygen atoms in total. The molecule has 0 saturated heterocycles. The summed E-state index contributed by atoms with van der Waals surface area (Å²) in [6.07, 6.45) is 3.70. The molecule has 0 radical (unpaired) electrons. The summed E-state index contributed by atoms with van der Waals surface area (Å²) in [5.74, 6) is 0.887. The first-order chi connectivity index (χ1) is 9.63. The van der Waals surface area contributed by atoms with E-state index in [2.05, 4.69) is 50.7 Å². The lowest BCUT2D eigenvalue weighted by Crippen LogP contribution is -2.10. The topological polar surface area (TPSA) is 39.1 Å². The predicted octanol–water partition coefficient (Wildman–Crippen LogP) is 3.52. The summed E-state index contributed by atoms with van der Waals surface area (Å²) in [6, 6.07) is 6.46. The summed E-state index contributed by atoms with van der Waals surface area (Å²) < 4.78 is 9.10. The van der Waals surface area contributed by atoms with E-state index in [0.29, 0.717) is 12.6 Å². The highest BCUT2D eigenvalue weighted by Crippen LogP contribution is 2.30. The van der Waals surface area contributed by atoms with Crippen molar-refractivity contribution in [3.05, 3.63) is 46.5 Å². The van der Waals surface area contributed by atoms with E-state index in [4.69, 9.17) is 4.74 Å². The molecule has 1 heterocycles. The van der Waals surface area contributed by atoms with Crippen LogP contribution in [0.1, 0.15) is 31.1 Å². The smallest absolute Gasteiger partial charge is 0.138 e. The molecule has 2 aromatic rings. The number of nitrogens with zero attached hydrogens (tertiary/aromatic N) is 2. The Morgan fingerprint density at radius 3 is 2.90 bits per heavy atom. The van der Waals surface area contributed by atoms with Gasteiger partial charge in [-0.1, -0.05) is 12.1 Å². The van der Waals surface area contributed by atoms with Crippen molar-refractivity contribution in [1.82, 2.24) is 14.9 Å². The average molecular weight is 338 g/mol. The summed E-state index contributed by atoms with van der Waals surface area (Å²) in [6.45, 7) is 5.56. The Hall–Kier alpha value is -1.33. The molecule has 0 aliphatic carbocycles. The van der Waals surface area contributed by atoms with E-state index in [1.165, 1.54) is 0 Å². The van der Waals surface area contributed by atoms with Gasteiger partial charge in [-0.05, 0) is 42.9 Å². The molecule has 0 amide bonds. The Kier molecular flexibility index (Phi) is 5.20. The number of halogens is 1. The molecule has 2 rings (SSSR count).